The molecule has 0 unspecified atom stereocenters. The van der Waals surface area contributed by atoms with Crippen LogP contribution in [-0.2, 0) is 17.8 Å². The predicted octanol–water partition coefficient (Wildman–Crippen LogP) is 3.59. The van der Waals surface area contributed by atoms with Crippen molar-refractivity contribution in [1.82, 2.24) is 9.88 Å². The van der Waals surface area contributed by atoms with Gasteiger partial charge in [0.05, 0.1) is 12.1 Å². The summed E-state index contributed by atoms with van der Waals surface area (Å²) in [5.41, 5.74) is 1.30. The molecule has 7 heteroatoms. The van der Waals surface area contributed by atoms with Crippen LogP contribution in [0.2, 0.25) is 5.02 Å². The van der Waals surface area contributed by atoms with Gasteiger partial charge in [0, 0.05) is 36.8 Å². The zero-order chi connectivity index (χ0) is 15.5. The van der Waals surface area contributed by atoms with E-state index in [1.54, 1.807) is 25.3 Å². The Kier molecular flexibility index (Phi) is 5.13. The fourth-order valence-corrected chi connectivity index (χ4v) is 2.37. The van der Waals surface area contributed by atoms with Gasteiger partial charge in [-0.3, -0.25) is 0 Å². The molecule has 0 aliphatic heterocycles. The van der Waals surface area contributed by atoms with Gasteiger partial charge in [-0.2, -0.15) is 13.2 Å². The van der Waals surface area contributed by atoms with Crippen LogP contribution in [0.1, 0.15) is 5.56 Å². The summed E-state index contributed by atoms with van der Waals surface area (Å²) in [6.07, 6.45) is -2.75. The molecule has 1 heterocycles. The zero-order valence-corrected chi connectivity index (χ0v) is 12.3. The molecule has 0 radical (unpaired) electrons. The van der Waals surface area contributed by atoms with Crippen LogP contribution in [0.25, 0.3) is 10.9 Å². The minimum absolute atomic E-state index is 0.419. The molecule has 0 spiro atoms. The Hall–Kier alpha value is -1.24. The zero-order valence-electron chi connectivity index (χ0n) is 11.5. The summed E-state index contributed by atoms with van der Waals surface area (Å²) in [5, 5.41) is 4.32. The number of hydrogen-bond donors (Lipinski definition) is 1. The third-order valence-corrected chi connectivity index (χ3v) is 3.31. The molecule has 0 bridgehead atoms. The van der Waals surface area contributed by atoms with Gasteiger partial charge in [-0.05, 0) is 17.7 Å². The van der Waals surface area contributed by atoms with E-state index in [-0.39, 0.29) is 0 Å². The Balaban J connectivity index is 2.28. The quantitative estimate of drug-likeness (QED) is 0.823. The van der Waals surface area contributed by atoms with E-state index >= 15 is 0 Å². The number of methoxy groups -OCH3 is 1. The molecule has 1 aromatic heterocycles. The first-order valence-corrected chi connectivity index (χ1v) is 6.82. The lowest BCUT2D eigenvalue weighted by Gasteiger charge is -2.08. The van der Waals surface area contributed by atoms with Crippen molar-refractivity contribution in [1.29, 1.82) is 0 Å². The summed E-state index contributed by atoms with van der Waals surface area (Å²) >= 11 is 5.89. The molecule has 3 nitrogen and oxygen atoms in total. The molecule has 0 fully saturated rings. The van der Waals surface area contributed by atoms with Gasteiger partial charge < -0.3 is 14.6 Å². The minimum atomic E-state index is -4.27. The first-order valence-electron chi connectivity index (χ1n) is 6.44. The van der Waals surface area contributed by atoms with Gasteiger partial charge >= 0.3 is 6.18 Å². The number of hydrogen-bond acceptors (Lipinski definition) is 2. The van der Waals surface area contributed by atoms with Crippen molar-refractivity contribution >= 4 is 22.5 Å². The number of nitrogens with zero attached hydrogens (tertiary/aromatic N) is 1. The highest BCUT2D eigenvalue weighted by atomic mass is 35.5. The first-order chi connectivity index (χ1) is 9.90. The maximum atomic E-state index is 12.6. The van der Waals surface area contributed by atoms with Crippen LogP contribution < -0.4 is 5.32 Å². The van der Waals surface area contributed by atoms with Crippen molar-refractivity contribution in [3.63, 3.8) is 0 Å². The fourth-order valence-electron chi connectivity index (χ4n) is 2.20. The van der Waals surface area contributed by atoms with Crippen molar-refractivity contribution in [3.05, 3.63) is 35.0 Å². The van der Waals surface area contributed by atoms with Crippen LogP contribution in [-0.4, -0.2) is 31.0 Å². The van der Waals surface area contributed by atoms with Crippen molar-refractivity contribution in [2.24, 2.45) is 0 Å². The Bertz CT molecular complexity index is 610. The van der Waals surface area contributed by atoms with Gasteiger partial charge in [-0.15, -0.1) is 0 Å². The van der Waals surface area contributed by atoms with E-state index in [0.29, 0.717) is 30.2 Å². The molecule has 1 aromatic carbocycles. The third kappa shape index (κ3) is 4.36. The van der Waals surface area contributed by atoms with Crippen LogP contribution in [0.3, 0.4) is 0 Å². The molecular formula is C14H16ClF3N2O. The molecular weight excluding hydrogens is 305 g/mol. The predicted molar refractivity (Wildman–Crippen MR) is 76.6 cm³/mol. The van der Waals surface area contributed by atoms with E-state index in [2.05, 4.69) is 5.32 Å². The number of nitrogens with one attached hydrogen (secondary N) is 1. The van der Waals surface area contributed by atoms with Crippen molar-refractivity contribution in [2.45, 2.75) is 19.3 Å². The second-order valence-electron chi connectivity index (χ2n) is 4.73. The molecule has 2 rings (SSSR count). The van der Waals surface area contributed by atoms with E-state index in [9.17, 15) is 13.2 Å². The molecule has 0 saturated carbocycles. The molecule has 116 valence electrons. The lowest BCUT2D eigenvalue weighted by molar-refractivity contribution is -0.139. The molecule has 0 amide bonds. The number of fused-ring (bicyclic) bond motifs is 1. The number of benzene rings is 1. The highest BCUT2D eigenvalue weighted by Crippen LogP contribution is 2.28. The maximum absolute atomic E-state index is 12.6. The topological polar surface area (TPSA) is 26.2 Å². The minimum Gasteiger partial charge on any atom is -0.383 e. The van der Waals surface area contributed by atoms with Gasteiger partial charge in [0.1, 0.15) is 6.54 Å². The molecule has 2 aromatic rings. The third-order valence-electron chi connectivity index (χ3n) is 3.07. The number of aromatic nitrogens is 1. The standard InChI is InChI=1S/C14H16ClF3N2O/c1-21-5-4-19-7-10-8-20(9-14(16,17)18)13-6-11(15)2-3-12(10)13/h2-3,6,8,19H,4-5,7,9H2,1H3. The second kappa shape index (κ2) is 6.68. The Labute approximate surface area is 125 Å². The van der Waals surface area contributed by atoms with Gasteiger partial charge in [0.2, 0.25) is 0 Å². The van der Waals surface area contributed by atoms with Crippen molar-refractivity contribution in [2.75, 3.05) is 20.3 Å². The maximum Gasteiger partial charge on any atom is 0.406 e. The highest BCUT2D eigenvalue weighted by Gasteiger charge is 2.28. The summed E-state index contributed by atoms with van der Waals surface area (Å²) in [7, 11) is 1.60. The molecule has 0 aliphatic carbocycles. The van der Waals surface area contributed by atoms with E-state index in [0.717, 1.165) is 10.9 Å². The molecule has 21 heavy (non-hydrogen) atoms. The summed E-state index contributed by atoms with van der Waals surface area (Å²) < 4.78 is 44.0. The van der Waals surface area contributed by atoms with Gasteiger partial charge in [-0.25, -0.2) is 0 Å². The summed E-state index contributed by atoms with van der Waals surface area (Å²) in [6, 6.07) is 4.99. The Morgan fingerprint density at radius 3 is 2.76 bits per heavy atom. The Morgan fingerprint density at radius 1 is 1.33 bits per heavy atom. The van der Waals surface area contributed by atoms with Crippen LogP contribution in [0, 0.1) is 0 Å². The molecule has 1 N–H and O–H groups in total. The van der Waals surface area contributed by atoms with Gasteiger partial charge in [-0.1, -0.05) is 17.7 Å². The number of ether oxygens (including phenoxy) is 1. The SMILES string of the molecule is COCCNCc1cn(CC(F)(F)F)c2cc(Cl)ccc12. The largest absolute Gasteiger partial charge is 0.406 e. The Morgan fingerprint density at radius 2 is 2.10 bits per heavy atom. The molecule has 0 saturated heterocycles. The van der Waals surface area contributed by atoms with E-state index in [4.69, 9.17) is 16.3 Å². The van der Waals surface area contributed by atoms with Crippen molar-refractivity contribution in [3.8, 4) is 0 Å². The first kappa shape index (κ1) is 16.1. The average Bonchev–Trinajstić information content (AvgIpc) is 2.70. The van der Waals surface area contributed by atoms with E-state index in [1.807, 2.05) is 0 Å². The van der Waals surface area contributed by atoms with E-state index in [1.165, 1.54) is 10.8 Å². The molecule has 0 aliphatic rings. The number of rotatable bonds is 6. The highest BCUT2D eigenvalue weighted by molar-refractivity contribution is 6.31. The average molecular weight is 321 g/mol. The monoisotopic (exact) mass is 320 g/mol. The van der Waals surface area contributed by atoms with Crippen molar-refractivity contribution < 1.29 is 17.9 Å². The lowest BCUT2D eigenvalue weighted by atomic mass is 10.2. The summed E-state index contributed by atoms with van der Waals surface area (Å²) in [6.45, 7) is 0.636. The fraction of sp³-hybridized carbons (Fsp3) is 0.429. The van der Waals surface area contributed by atoms with Crippen LogP contribution in [0.15, 0.2) is 24.4 Å². The van der Waals surface area contributed by atoms with Crippen LogP contribution >= 0.6 is 11.6 Å². The van der Waals surface area contributed by atoms with E-state index < -0.39 is 12.7 Å². The summed E-state index contributed by atoms with van der Waals surface area (Å²) in [5.74, 6) is 0. The second-order valence-corrected chi connectivity index (χ2v) is 5.16. The number of halogens is 4. The number of alkyl halides is 3. The van der Waals surface area contributed by atoms with Gasteiger partial charge in [0.15, 0.2) is 0 Å². The van der Waals surface area contributed by atoms with Crippen LogP contribution in [0.5, 0.6) is 0 Å². The lowest BCUT2D eigenvalue weighted by Crippen LogP contribution is -2.19. The smallest absolute Gasteiger partial charge is 0.383 e. The normalized spacial score (nSPS) is 12.2. The van der Waals surface area contributed by atoms with Crippen LogP contribution in [0.4, 0.5) is 13.2 Å². The summed E-state index contributed by atoms with van der Waals surface area (Å²) in [4.78, 5) is 0. The van der Waals surface area contributed by atoms with Gasteiger partial charge in [0.25, 0.3) is 0 Å². The molecule has 0 atom stereocenters.